The van der Waals surface area contributed by atoms with E-state index in [1.807, 2.05) is 0 Å². The highest BCUT2D eigenvalue weighted by atomic mass is 19.4. The summed E-state index contributed by atoms with van der Waals surface area (Å²) in [5, 5.41) is 8.33. The van der Waals surface area contributed by atoms with Crippen LogP contribution in [-0.4, -0.2) is 31.2 Å². The molecule has 0 fully saturated rings. The van der Waals surface area contributed by atoms with E-state index >= 15 is 0 Å². The normalized spacial score (nSPS) is 11.2. The maximum Gasteiger partial charge on any atom is 0.762 e. The highest BCUT2D eigenvalue weighted by Gasteiger charge is 2.09. The molecule has 0 aliphatic carbocycles. The van der Waals surface area contributed by atoms with Gasteiger partial charge in [0.05, 0.1) is 0 Å². The van der Waals surface area contributed by atoms with E-state index in [1.165, 1.54) is 0 Å². The van der Waals surface area contributed by atoms with Crippen molar-refractivity contribution >= 4 is 13.5 Å². The Morgan fingerprint density at radius 1 is 1.36 bits per heavy atom. The van der Waals surface area contributed by atoms with Crippen molar-refractivity contribution in [3.63, 3.8) is 0 Å². The van der Waals surface area contributed by atoms with Crippen LogP contribution in [0, 0.1) is 0 Å². The molecular weight excluding hydrogens is 200 g/mol. The van der Waals surface area contributed by atoms with Crippen molar-refractivity contribution in [2.75, 3.05) is 6.54 Å². The molecule has 0 aromatic carbocycles. The van der Waals surface area contributed by atoms with E-state index < -0.39 is 19.6 Å². The molecule has 0 bridgehead atoms. The number of halogens is 3. The lowest BCUT2D eigenvalue weighted by Crippen LogP contribution is -2.29. The summed E-state index contributed by atoms with van der Waals surface area (Å²) in [5.74, 6) is -0.933. The first kappa shape index (κ1) is 15.7. The van der Waals surface area contributed by atoms with Gasteiger partial charge in [0.15, 0.2) is 0 Å². The number of hydrogen-bond donors (Lipinski definition) is 3. The molecule has 0 aromatic heterocycles. The summed E-state index contributed by atoms with van der Waals surface area (Å²) in [4.78, 5) is 10.1. The summed E-state index contributed by atoms with van der Waals surface area (Å²) < 4.78 is 29.0. The van der Waals surface area contributed by atoms with Gasteiger partial charge >= 0.3 is 13.5 Å². The molecular formula is C6H14BF3N2O2. The van der Waals surface area contributed by atoms with Crippen LogP contribution in [0.25, 0.3) is 0 Å². The standard InChI is InChI=1S/C6H14N2O2.BF3/c7-4-2-1-3-5(8)6(9)10;2-1(3)4/h5H,1-4,7-8H2,(H,9,10);/t5-;/m0./s1. The van der Waals surface area contributed by atoms with Gasteiger partial charge in [-0.15, -0.1) is 0 Å². The first-order valence-corrected chi connectivity index (χ1v) is 4.02. The number of unbranched alkanes of at least 4 members (excludes halogenated alkanes) is 1. The van der Waals surface area contributed by atoms with Crippen LogP contribution in [0.4, 0.5) is 12.9 Å². The van der Waals surface area contributed by atoms with Crippen molar-refractivity contribution in [1.82, 2.24) is 0 Å². The molecule has 0 radical (unpaired) electrons. The molecule has 5 N–H and O–H groups in total. The van der Waals surface area contributed by atoms with Crippen LogP contribution in [0.1, 0.15) is 19.3 Å². The minimum Gasteiger partial charge on any atom is -0.480 e. The van der Waals surface area contributed by atoms with Gasteiger partial charge in [0.2, 0.25) is 0 Å². The number of hydrogen-bond acceptors (Lipinski definition) is 3. The lowest BCUT2D eigenvalue weighted by Gasteiger charge is -2.03. The fourth-order valence-electron chi connectivity index (χ4n) is 0.632. The maximum atomic E-state index is 10.1. The summed E-state index contributed by atoms with van der Waals surface area (Å²) in [5.41, 5.74) is 10.4. The van der Waals surface area contributed by atoms with E-state index in [0.29, 0.717) is 13.0 Å². The number of carboxylic acid groups (broad SMARTS) is 1. The SMILES string of the molecule is FB(F)F.NCCCC[C@H](N)C(=O)O. The topological polar surface area (TPSA) is 89.3 Å². The van der Waals surface area contributed by atoms with Crippen molar-refractivity contribution in [1.29, 1.82) is 0 Å². The second kappa shape index (κ2) is 10.3. The summed E-state index contributed by atoms with van der Waals surface area (Å²) in [6, 6.07) is -0.716. The van der Waals surface area contributed by atoms with Gasteiger partial charge in [-0.1, -0.05) is 6.42 Å². The van der Waals surface area contributed by atoms with Crippen molar-refractivity contribution in [2.45, 2.75) is 25.3 Å². The molecule has 14 heavy (non-hydrogen) atoms. The van der Waals surface area contributed by atoms with Crippen molar-refractivity contribution < 1.29 is 22.8 Å². The molecule has 0 saturated heterocycles. The molecule has 0 aliphatic rings. The largest absolute Gasteiger partial charge is 0.762 e. The van der Waals surface area contributed by atoms with Gasteiger partial charge in [-0.3, -0.25) is 17.7 Å². The Bertz CT molecular complexity index is 148. The Balaban J connectivity index is 0. The predicted octanol–water partition coefficient (Wildman–Crippen LogP) is 0.407. The summed E-state index contributed by atoms with van der Waals surface area (Å²) in [6.45, 7) is 0.604. The Kier molecular flexibility index (Phi) is 11.6. The average Bonchev–Trinajstić information content (AvgIpc) is 2.03. The molecule has 1 atom stereocenters. The third-order valence-electron chi connectivity index (χ3n) is 1.29. The van der Waals surface area contributed by atoms with Crippen LogP contribution in [0.15, 0.2) is 0 Å². The molecule has 0 heterocycles. The van der Waals surface area contributed by atoms with E-state index in [2.05, 4.69) is 0 Å². The van der Waals surface area contributed by atoms with Gasteiger partial charge in [0.25, 0.3) is 0 Å². The molecule has 0 aromatic rings. The zero-order valence-electron chi connectivity index (χ0n) is 7.63. The zero-order chi connectivity index (χ0) is 11.6. The number of rotatable bonds is 5. The minimum atomic E-state index is -3.67. The molecule has 4 nitrogen and oxygen atoms in total. The van der Waals surface area contributed by atoms with Gasteiger partial charge in [-0.05, 0) is 19.4 Å². The Hall–Kier alpha value is -0.755. The van der Waals surface area contributed by atoms with E-state index in [1.54, 1.807) is 0 Å². The number of nitrogens with two attached hydrogens (primary N) is 2. The van der Waals surface area contributed by atoms with Crippen LogP contribution in [-0.2, 0) is 4.79 Å². The Labute approximate surface area is 80.7 Å². The summed E-state index contributed by atoms with van der Waals surface area (Å²) >= 11 is 0. The molecule has 84 valence electrons. The molecule has 0 amide bonds. The number of aliphatic carboxylic acids is 1. The summed E-state index contributed by atoms with van der Waals surface area (Å²) in [6.07, 6.45) is 2.16. The highest BCUT2D eigenvalue weighted by molar-refractivity contribution is 6.33. The smallest absolute Gasteiger partial charge is 0.480 e. The van der Waals surface area contributed by atoms with E-state index in [0.717, 1.165) is 12.8 Å². The van der Waals surface area contributed by atoms with Gasteiger partial charge < -0.3 is 16.6 Å². The van der Waals surface area contributed by atoms with E-state index in [4.69, 9.17) is 16.6 Å². The average molecular weight is 214 g/mol. The molecule has 0 saturated carbocycles. The Morgan fingerprint density at radius 3 is 2.07 bits per heavy atom. The van der Waals surface area contributed by atoms with Gasteiger partial charge in [0.1, 0.15) is 6.04 Å². The fraction of sp³-hybridized carbons (Fsp3) is 0.833. The number of carboxylic acids is 1. The molecule has 0 unspecified atom stereocenters. The van der Waals surface area contributed by atoms with Crippen molar-refractivity contribution in [3.05, 3.63) is 0 Å². The first-order valence-electron chi connectivity index (χ1n) is 4.02. The Morgan fingerprint density at radius 2 is 1.79 bits per heavy atom. The third kappa shape index (κ3) is 17.4. The second-order valence-electron chi connectivity index (χ2n) is 2.48. The van der Waals surface area contributed by atoms with Crippen LogP contribution < -0.4 is 11.5 Å². The maximum absolute atomic E-state index is 10.1. The molecule has 8 heteroatoms. The van der Waals surface area contributed by atoms with Crippen molar-refractivity contribution in [3.8, 4) is 0 Å². The fourth-order valence-corrected chi connectivity index (χ4v) is 0.632. The minimum absolute atomic E-state index is 0.520. The van der Waals surface area contributed by atoms with E-state index in [-0.39, 0.29) is 0 Å². The molecule has 0 aliphatic heterocycles. The van der Waals surface area contributed by atoms with Crippen LogP contribution in [0.3, 0.4) is 0 Å². The summed E-state index contributed by atoms with van der Waals surface area (Å²) in [7, 11) is -3.67. The van der Waals surface area contributed by atoms with Crippen LogP contribution >= 0.6 is 0 Å². The second-order valence-corrected chi connectivity index (χ2v) is 2.48. The monoisotopic (exact) mass is 214 g/mol. The lowest BCUT2D eigenvalue weighted by atomic mass is 10.1. The third-order valence-corrected chi connectivity index (χ3v) is 1.29. The number of carbonyl (C=O) groups is 1. The van der Waals surface area contributed by atoms with Gasteiger partial charge in [-0.2, -0.15) is 0 Å². The van der Waals surface area contributed by atoms with Crippen LogP contribution in [0.2, 0.25) is 0 Å². The van der Waals surface area contributed by atoms with E-state index in [9.17, 15) is 17.7 Å². The zero-order valence-corrected chi connectivity index (χ0v) is 7.63. The molecule has 0 spiro atoms. The van der Waals surface area contributed by atoms with Crippen LogP contribution in [0.5, 0.6) is 0 Å². The van der Waals surface area contributed by atoms with Gasteiger partial charge in [-0.25, -0.2) is 0 Å². The van der Waals surface area contributed by atoms with Gasteiger partial charge in [0, 0.05) is 0 Å². The van der Waals surface area contributed by atoms with Crippen molar-refractivity contribution in [2.24, 2.45) is 11.5 Å². The first-order chi connectivity index (χ1) is 6.41. The quantitative estimate of drug-likeness (QED) is 0.456. The highest BCUT2D eigenvalue weighted by Crippen LogP contribution is 1.96. The predicted molar refractivity (Wildman–Crippen MR) is 47.6 cm³/mol. The lowest BCUT2D eigenvalue weighted by molar-refractivity contribution is -0.138. The molecule has 0 rings (SSSR count).